The lowest BCUT2D eigenvalue weighted by Gasteiger charge is -2.12. The predicted molar refractivity (Wildman–Crippen MR) is 113 cm³/mol. The third-order valence-electron chi connectivity index (χ3n) is 4.89. The van der Waals surface area contributed by atoms with Crippen molar-refractivity contribution in [1.82, 2.24) is 10.3 Å². The molecule has 1 fully saturated rings. The number of benzene rings is 2. The smallest absolute Gasteiger partial charge is 0.119 e. The summed E-state index contributed by atoms with van der Waals surface area (Å²) in [5.74, 6) is 0.953. The fourth-order valence-corrected chi connectivity index (χ4v) is 3.38. The third-order valence-corrected chi connectivity index (χ3v) is 4.89. The number of hydrogen-bond donors (Lipinski definition) is 1. The van der Waals surface area contributed by atoms with E-state index in [1.165, 1.54) is 29.5 Å². The molecule has 1 aliphatic rings. The van der Waals surface area contributed by atoms with Gasteiger partial charge in [0.25, 0.3) is 0 Å². The van der Waals surface area contributed by atoms with Crippen molar-refractivity contribution in [1.29, 1.82) is 0 Å². The molecule has 1 saturated heterocycles. The molecule has 2 aromatic carbocycles. The monoisotopic (exact) mass is 380 g/mol. The molecule has 0 spiro atoms. The molecule has 2 heterocycles. The lowest BCUT2D eigenvalue weighted by Crippen LogP contribution is -2.28. The van der Waals surface area contributed by atoms with Crippen LogP contribution in [0.15, 0.2) is 73.1 Å². The lowest BCUT2D eigenvalue weighted by molar-refractivity contribution is 0.277. The van der Waals surface area contributed by atoms with Crippen molar-refractivity contribution in [3.05, 3.63) is 84.2 Å². The zero-order chi connectivity index (χ0) is 17.6. The number of pyridine rings is 1. The van der Waals surface area contributed by atoms with Crippen LogP contribution in [0.1, 0.15) is 24.0 Å². The zero-order valence-corrected chi connectivity index (χ0v) is 16.1. The Morgan fingerprint density at radius 1 is 0.926 bits per heavy atom. The van der Waals surface area contributed by atoms with Gasteiger partial charge in [-0.25, -0.2) is 0 Å². The van der Waals surface area contributed by atoms with Gasteiger partial charge in [0.1, 0.15) is 12.4 Å². The van der Waals surface area contributed by atoms with Gasteiger partial charge in [-0.2, -0.15) is 0 Å². The summed E-state index contributed by atoms with van der Waals surface area (Å²) in [7, 11) is 0. The standard InChI is InChI=1S/C23H24N2O.ClH/c1-3-21(16-24-13-1)20-9-5-18(6-10-20)15-19-7-11-23(12-8-19)26-17-22-4-2-14-25-22;/h1,3,5-13,16,22,25H,2,4,14-15,17H2;1H. The molecule has 3 aromatic rings. The molecule has 4 heteroatoms. The lowest BCUT2D eigenvalue weighted by atomic mass is 10.0. The van der Waals surface area contributed by atoms with Gasteiger partial charge in [-0.1, -0.05) is 42.5 Å². The van der Waals surface area contributed by atoms with Gasteiger partial charge in [0, 0.05) is 18.4 Å². The first-order valence-corrected chi connectivity index (χ1v) is 9.31. The van der Waals surface area contributed by atoms with Crippen LogP contribution in [0.5, 0.6) is 5.75 Å². The van der Waals surface area contributed by atoms with Gasteiger partial charge >= 0.3 is 0 Å². The van der Waals surface area contributed by atoms with Gasteiger partial charge in [-0.3, -0.25) is 4.98 Å². The molecular formula is C23H25ClN2O. The summed E-state index contributed by atoms with van der Waals surface area (Å²) in [5.41, 5.74) is 4.95. The summed E-state index contributed by atoms with van der Waals surface area (Å²) in [6, 6.07) is 21.8. The Morgan fingerprint density at radius 2 is 1.67 bits per heavy atom. The Morgan fingerprint density at radius 3 is 2.30 bits per heavy atom. The van der Waals surface area contributed by atoms with Crippen LogP contribution in [-0.4, -0.2) is 24.2 Å². The van der Waals surface area contributed by atoms with E-state index in [1.54, 1.807) is 6.20 Å². The van der Waals surface area contributed by atoms with Gasteiger partial charge in [0.15, 0.2) is 0 Å². The number of aromatic nitrogens is 1. The summed E-state index contributed by atoms with van der Waals surface area (Å²) < 4.78 is 5.89. The van der Waals surface area contributed by atoms with Gasteiger partial charge in [0.2, 0.25) is 0 Å². The Hall–Kier alpha value is -2.36. The van der Waals surface area contributed by atoms with E-state index in [0.29, 0.717) is 6.04 Å². The Labute approximate surface area is 167 Å². The zero-order valence-electron chi connectivity index (χ0n) is 15.3. The van der Waals surface area contributed by atoms with Crippen LogP contribution in [0.2, 0.25) is 0 Å². The summed E-state index contributed by atoms with van der Waals surface area (Å²) in [6.45, 7) is 1.88. The molecular weight excluding hydrogens is 356 g/mol. The van der Waals surface area contributed by atoms with Crippen LogP contribution in [0.25, 0.3) is 11.1 Å². The van der Waals surface area contributed by atoms with E-state index in [4.69, 9.17) is 4.74 Å². The second-order valence-corrected chi connectivity index (χ2v) is 6.86. The maximum atomic E-state index is 5.89. The van der Waals surface area contributed by atoms with E-state index in [0.717, 1.165) is 30.9 Å². The highest BCUT2D eigenvalue weighted by molar-refractivity contribution is 5.85. The molecule has 1 aromatic heterocycles. The van der Waals surface area contributed by atoms with Crippen molar-refractivity contribution in [3.8, 4) is 16.9 Å². The highest BCUT2D eigenvalue weighted by Gasteiger charge is 2.14. The third kappa shape index (κ3) is 5.31. The van der Waals surface area contributed by atoms with E-state index in [1.807, 2.05) is 12.3 Å². The molecule has 1 unspecified atom stereocenters. The van der Waals surface area contributed by atoms with E-state index in [9.17, 15) is 0 Å². The SMILES string of the molecule is Cl.c1cncc(-c2ccc(Cc3ccc(OCC4CCCN4)cc3)cc2)c1. The first-order chi connectivity index (χ1) is 12.9. The quantitative estimate of drug-likeness (QED) is 0.661. The van der Waals surface area contributed by atoms with Crippen LogP contribution >= 0.6 is 12.4 Å². The molecule has 27 heavy (non-hydrogen) atoms. The largest absolute Gasteiger partial charge is 0.492 e. The minimum absolute atomic E-state index is 0. The van der Waals surface area contributed by atoms with Gasteiger partial charge in [0.05, 0.1) is 0 Å². The fourth-order valence-electron chi connectivity index (χ4n) is 3.38. The number of nitrogens with one attached hydrogen (secondary N) is 1. The molecule has 140 valence electrons. The van der Waals surface area contributed by atoms with Gasteiger partial charge in [-0.05, 0) is 66.3 Å². The second kappa shape index (κ2) is 9.54. The van der Waals surface area contributed by atoms with Crippen molar-refractivity contribution in [2.45, 2.75) is 25.3 Å². The number of hydrogen-bond acceptors (Lipinski definition) is 3. The van der Waals surface area contributed by atoms with E-state index >= 15 is 0 Å². The first-order valence-electron chi connectivity index (χ1n) is 9.31. The Kier molecular flexibility index (Phi) is 6.86. The second-order valence-electron chi connectivity index (χ2n) is 6.86. The summed E-state index contributed by atoms with van der Waals surface area (Å²) >= 11 is 0. The first kappa shape index (κ1) is 19.4. The number of ether oxygens (including phenoxy) is 1. The number of halogens is 1. The Bertz CT molecular complexity index is 813. The predicted octanol–water partition coefficient (Wildman–Crippen LogP) is 4.89. The van der Waals surface area contributed by atoms with Crippen molar-refractivity contribution in [2.24, 2.45) is 0 Å². The minimum Gasteiger partial charge on any atom is -0.492 e. The van der Waals surface area contributed by atoms with Crippen LogP contribution in [0, 0.1) is 0 Å². The van der Waals surface area contributed by atoms with E-state index in [-0.39, 0.29) is 12.4 Å². The van der Waals surface area contributed by atoms with Gasteiger partial charge in [-0.15, -0.1) is 12.4 Å². The highest BCUT2D eigenvalue weighted by Crippen LogP contribution is 2.21. The molecule has 3 nitrogen and oxygen atoms in total. The summed E-state index contributed by atoms with van der Waals surface area (Å²) in [5, 5.41) is 3.46. The van der Waals surface area contributed by atoms with Crippen molar-refractivity contribution < 1.29 is 4.74 Å². The maximum Gasteiger partial charge on any atom is 0.119 e. The molecule has 0 radical (unpaired) electrons. The average molecular weight is 381 g/mol. The summed E-state index contributed by atoms with van der Waals surface area (Å²) in [4.78, 5) is 4.18. The Balaban J connectivity index is 0.00000210. The van der Waals surface area contributed by atoms with Crippen molar-refractivity contribution in [3.63, 3.8) is 0 Å². The molecule has 0 aliphatic carbocycles. The molecule has 4 rings (SSSR count). The number of rotatable bonds is 6. The van der Waals surface area contributed by atoms with E-state index in [2.05, 4.69) is 64.9 Å². The topological polar surface area (TPSA) is 34.1 Å². The van der Waals surface area contributed by atoms with Crippen LogP contribution in [-0.2, 0) is 6.42 Å². The molecule has 0 amide bonds. The van der Waals surface area contributed by atoms with E-state index < -0.39 is 0 Å². The van der Waals surface area contributed by atoms with Crippen LogP contribution in [0.4, 0.5) is 0 Å². The molecule has 1 aliphatic heterocycles. The van der Waals surface area contributed by atoms with Crippen LogP contribution in [0.3, 0.4) is 0 Å². The summed E-state index contributed by atoms with van der Waals surface area (Å²) in [6.07, 6.45) is 7.10. The van der Waals surface area contributed by atoms with Crippen molar-refractivity contribution >= 4 is 12.4 Å². The number of nitrogens with zero attached hydrogens (tertiary/aromatic N) is 1. The maximum absolute atomic E-state index is 5.89. The molecule has 0 bridgehead atoms. The minimum atomic E-state index is 0. The molecule has 1 N–H and O–H groups in total. The highest BCUT2D eigenvalue weighted by atomic mass is 35.5. The average Bonchev–Trinajstić information content (AvgIpc) is 3.22. The fraction of sp³-hybridized carbons (Fsp3) is 0.261. The molecule has 1 atom stereocenters. The normalized spacial score (nSPS) is 15.9. The van der Waals surface area contributed by atoms with Crippen LogP contribution < -0.4 is 10.1 Å². The van der Waals surface area contributed by atoms with Crippen molar-refractivity contribution in [2.75, 3.05) is 13.2 Å². The molecule has 0 saturated carbocycles. The van der Waals surface area contributed by atoms with Gasteiger partial charge < -0.3 is 10.1 Å².